The zero-order valence-corrected chi connectivity index (χ0v) is 11.2. The number of halogens is 2. The number of hydrogen-bond acceptors (Lipinski definition) is 3. The van der Waals surface area contributed by atoms with Crippen LogP contribution in [0.4, 0.5) is 0 Å². The number of hydrazine groups is 1. The van der Waals surface area contributed by atoms with E-state index in [2.05, 4.69) is 31.9 Å². The molecule has 0 aliphatic heterocycles. The summed E-state index contributed by atoms with van der Waals surface area (Å²) in [7, 11) is 0. The highest BCUT2D eigenvalue weighted by atomic mass is 79.9. The topological polar surface area (TPSA) is 64.3 Å². The second-order valence-electron chi connectivity index (χ2n) is 2.89. The minimum atomic E-state index is -0.371. The van der Waals surface area contributed by atoms with Gasteiger partial charge >= 0.3 is 0 Å². The molecule has 15 heavy (non-hydrogen) atoms. The van der Waals surface area contributed by atoms with E-state index in [-0.39, 0.29) is 12.5 Å². The highest BCUT2D eigenvalue weighted by Crippen LogP contribution is 2.32. The molecule has 0 aromatic heterocycles. The van der Waals surface area contributed by atoms with Crippen LogP contribution in [0.3, 0.4) is 0 Å². The minimum absolute atomic E-state index is 0.0996. The average Bonchev–Trinajstić information content (AvgIpc) is 2.15. The Morgan fingerprint density at radius 2 is 2.20 bits per heavy atom. The summed E-state index contributed by atoms with van der Waals surface area (Å²) in [5, 5.41) is 0. The summed E-state index contributed by atoms with van der Waals surface area (Å²) in [4.78, 5) is 10.9. The van der Waals surface area contributed by atoms with Gasteiger partial charge in [0.15, 0.2) is 6.61 Å². The van der Waals surface area contributed by atoms with Crippen molar-refractivity contribution in [3.8, 4) is 5.75 Å². The van der Waals surface area contributed by atoms with Crippen molar-refractivity contribution in [3.63, 3.8) is 0 Å². The summed E-state index contributed by atoms with van der Waals surface area (Å²) in [5.74, 6) is 5.21. The fraction of sp³-hybridized carbons (Fsp3) is 0.222. The molecule has 0 radical (unpaired) electrons. The number of nitrogens with two attached hydrogens (primary N) is 1. The third-order valence-electron chi connectivity index (χ3n) is 1.70. The second-order valence-corrected chi connectivity index (χ2v) is 4.66. The third kappa shape index (κ3) is 3.48. The lowest BCUT2D eigenvalue weighted by molar-refractivity contribution is -0.123. The van der Waals surface area contributed by atoms with Crippen molar-refractivity contribution in [2.45, 2.75) is 6.92 Å². The van der Waals surface area contributed by atoms with E-state index < -0.39 is 0 Å². The molecule has 0 bridgehead atoms. The Morgan fingerprint density at radius 1 is 1.53 bits per heavy atom. The molecule has 0 fully saturated rings. The summed E-state index contributed by atoms with van der Waals surface area (Å²) in [6.45, 7) is 1.79. The molecule has 1 aromatic rings. The van der Waals surface area contributed by atoms with Gasteiger partial charge in [0.2, 0.25) is 0 Å². The van der Waals surface area contributed by atoms with Crippen molar-refractivity contribution < 1.29 is 9.53 Å². The van der Waals surface area contributed by atoms with Crippen LogP contribution in [0.25, 0.3) is 0 Å². The number of nitrogens with one attached hydrogen (secondary N) is 1. The Morgan fingerprint density at radius 3 is 2.73 bits per heavy atom. The summed E-state index contributed by atoms with van der Waals surface area (Å²) in [6, 6.07) is 3.75. The Bertz CT molecular complexity index is 359. The van der Waals surface area contributed by atoms with Crippen molar-refractivity contribution in [1.82, 2.24) is 5.43 Å². The first-order valence-corrected chi connectivity index (χ1v) is 5.71. The first-order valence-electron chi connectivity index (χ1n) is 4.12. The highest BCUT2D eigenvalue weighted by molar-refractivity contribution is 9.11. The van der Waals surface area contributed by atoms with Crippen molar-refractivity contribution in [2.75, 3.05) is 6.61 Å². The molecule has 4 nitrogen and oxygen atoms in total. The van der Waals surface area contributed by atoms with Gasteiger partial charge in [-0.2, -0.15) is 0 Å². The smallest absolute Gasteiger partial charge is 0.271 e. The quantitative estimate of drug-likeness (QED) is 0.503. The molecule has 0 aliphatic carbocycles. The van der Waals surface area contributed by atoms with Crippen LogP contribution < -0.4 is 16.0 Å². The lowest BCUT2D eigenvalue weighted by atomic mass is 10.2. The number of hydrogen-bond donors (Lipinski definition) is 2. The van der Waals surface area contributed by atoms with Gasteiger partial charge in [-0.05, 0) is 40.5 Å². The van der Waals surface area contributed by atoms with Gasteiger partial charge in [-0.25, -0.2) is 5.84 Å². The van der Waals surface area contributed by atoms with E-state index in [4.69, 9.17) is 10.6 Å². The second kappa shape index (κ2) is 5.48. The fourth-order valence-electron chi connectivity index (χ4n) is 1.05. The minimum Gasteiger partial charge on any atom is -0.482 e. The number of carbonyl (C=O) groups excluding carboxylic acids is 1. The standard InChI is InChI=1S/C9H10Br2N2O2/c1-5-2-6(10)3-7(11)9(5)15-4-8(14)13-12/h2-3H,4,12H2,1H3,(H,13,14). The molecule has 0 atom stereocenters. The van der Waals surface area contributed by atoms with Gasteiger partial charge in [0.25, 0.3) is 5.91 Å². The van der Waals surface area contributed by atoms with Crippen LogP contribution in [0.15, 0.2) is 21.1 Å². The Kier molecular flexibility index (Phi) is 4.56. The van der Waals surface area contributed by atoms with Gasteiger partial charge in [-0.15, -0.1) is 0 Å². The molecule has 1 aromatic carbocycles. The molecule has 3 N–H and O–H groups in total. The first-order chi connectivity index (χ1) is 7.04. The molecule has 0 aliphatic rings. The third-order valence-corrected chi connectivity index (χ3v) is 2.75. The van der Waals surface area contributed by atoms with E-state index in [0.717, 1.165) is 14.5 Å². The number of aryl methyl sites for hydroxylation is 1. The van der Waals surface area contributed by atoms with Gasteiger partial charge in [0, 0.05) is 4.47 Å². The van der Waals surface area contributed by atoms with Crippen molar-refractivity contribution in [1.29, 1.82) is 0 Å². The van der Waals surface area contributed by atoms with Crippen LogP contribution >= 0.6 is 31.9 Å². The van der Waals surface area contributed by atoms with E-state index in [9.17, 15) is 4.79 Å². The summed E-state index contributed by atoms with van der Waals surface area (Å²) < 4.78 is 7.05. The van der Waals surface area contributed by atoms with Gasteiger partial charge in [-0.1, -0.05) is 15.9 Å². The molecular formula is C9H10Br2N2O2. The highest BCUT2D eigenvalue weighted by Gasteiger charge is 2.08. The zero-order valence-electron chi connectivity index (χ0n) is 8.01. The van der Waals surface area contributed by atoms with E-state index >= 15 is 0 Å². The molecule has 0 unspecified atom stereocenters. The number of ether oxygens (including phenoxy) is 1. The van der Waals surface area contributed by atoms with Gasteiger partial charge < -0.3 is 4.74 Å². The molecule has 0 spiro atoms. The molecular weight excluding hydrogens is 328 g/mol. The van der Waals surface area contributed by atoms with E-state index in [1.807, 2.05) is 24.5 Å². The maximum absolute atomic E-state index is 10.9. The molecule has 0 heterocycles. The predicted molar refractivity (Wildman–Crippen MR) is 64.4 cm³/mol. The monoisotopic (exact) mass is 336 g/mol. The Labute approximate surface area is 104 Å². The largest absolute Gasteiger partial charge is 0.482 e. The molecule has 82 valence electrons. The van der Waals surface area contributed by atoms with E-state index in [1.165, 1.54) is 0 Å². The van der Waals surface area contributed by atoms with Crippen LogP contribution in [0.1, 0.15) is 5.56 Å². The predicted octanol–water partition coefficient (Wildman–Crippen LogP) is 1.89. The number of benzene rings is 1. The zero-order chi connectivity index (χ0) is 11.4. The fourth-order valence-corrected chi connectivity index (χ4v) is 2.60. The normalized spacial score (nSPS) is 9.87. The van der Waals surface area contributed by atoms with Crippen LogP contribution in [0.2, 0.25) is 0 Å². The Hall–Kier alpha value is -0.590. The average molecular weight is 338 g/mol. The van der Waals surface area contributed by atoms with Gasteiger partial charge in [0.1, 0.15) is 5.75 Å². The summed E-state index contributed by atoms with van der Waals surface area (Å²) >= 11 is 6.71. The van der Waals surface area contributed by atoms with Crippen LogP contribution in [0, 0.1) is 6.92 Å². The van der Waals surface area contributed by atoms with Crippen LogP contribution in [-0.2, 0) is 4.79 Å². The van der Waals surface area contributed by atoms with E-state index in [0.29, 0.717) is 5.75 Å². The van der Waals surface area contributed by atoms with Crippen LogP contribution in [0.5, 0.6) is 5.75 Å². The van der Waals surface area contributed by atoms with Gasteiger partial charge in [-0.3, -0.25) is 10.2 Å². The first kappa shape index (κ1) is 12.5. The maximum Gasteiger partial charge on any atom is 0.271 e. The lowest BCUT2D eigenvalue weighted by Crippen LogP contribution is -2.34. The maximum atomic E-state index is 10.9. The van der Waals surface area contributed by atoms with Gasteiger partial charge in [0.05, 0.1) is 4.47 Å². The number of amides is 1. The molecule has 1 rings (SSSR count). The summed E-state index contributed by atoms with van der Waals surface area (Å²) in [5.41, 5.74) is 2.93. The number of rotatable bonds is 3. The molecule has 0 saturated heterocycles. The van der Waals surface area contributed by atoms with E-state index in [1.54, 1.807) is 0 Å². The molecule has 6 heteroatoms. The SMILES string of the molecule is Cc1cc(Br)cc(Br)c1OCC(=O)NN. The molecule has 0 saturated carbocycles. The number of carbonyl (C=O) groups is 1. The van der Waals surface area contributed by atoms with Crippen molar-refractivity contribution in [2.24, 2.45) is 5.84 Å². The lowest BCUT2D eigenvalue weighted by Gasteiger charge is -2.10. The molecule has 1 amide bonds. The van der Waals surface area contributed by atoms with Crippen molar-refractivity contribution in [3.05, 3.63) is 26.6 Å². The summed E-state index contributed by atoms with van der Waals surface area (Å²) in [6.07, 6.45) is 0. The van der Waals surface area contributed by atoms with Crippen molar-refractivity contribution >= 4 is 37.8 Å². The van der Waals surface area contributed by atoms with Crippen LogP contribution in [-0.4, -0.2) is 12.5 Å². The Balaban J connectivity index is 2.81.